The van der Waals surface area contributed by atoms with Gasteiger partial charge >= 0.3 is 0 Å². The molecule has 0 atom stereocenters. The van der Waals surface area contributed by atoms with E-state index >= 15 is 0 Å². The molecule has 0 spiro atoms. The molecule has 0 unspecified atom stereocenters. The van der Waals surface area contributed by atoms with Crippen LogP contribution < -0.4 is 0 Å². The summed E-state index contributed by atoms with van der Waals surface area (Å²) in [7, 11) is 0. The summed E-state index contributed by atoms with van der Waals surface area (Å²) in [5, 5.41) is 4.12. The van der Waals surface area contributed by atoms with Crippen LogP contribution in [-0.2, 0) is 13.1 Å². The molecule has 1 aliphatic rings. The number of nitrogens with zero attached hydrogens (tertiary/aromatic N) is 4. The van der Waals surface area contributed by atoms with Gasteiger partial charge in [-0.3, -0.25) is 14.4 Å². The number of halogens is 2. The normalized spacial score (nSPS) is 15.1. The van der Waals surface area contributed by atoms with Crippen molar-refractivity contribution in [2.75, 3.05) is 26.2 Å². The Labute approximate surface area is 161 Å². The van der Waals surface area contributed by atoms with Crippen LogP contribution in [0.2, 0.25) is 0 Å². The molecule has 4 rings (SSSR count). The largest absolute Gasteiger partial charge is 0.454 e. The maximum Gasteiger partial charge on any atom is 0.289 e. The smallest absolute Gasteiger partial charge is 0.289 e. The van der Waals surface area contributed by atoms with Crippen LogP contribution in [0.1, 0.15) is 21.9 Å². The van der Waals surface area contributed by atoms with E-state index in [-0.39, 0.29) is 5.91 Å². The monoisotopic (exact) mass is 386 g/mol. The Kier molecular flexibility index (Phi) is 5.21. The first-order chi connectivity index (χ1) is 13.6. The molecule has 0 bridgehead atoms. The highest BCUT2D eigenvalue weighted by atomic mass is 19.2. The molecule has 1 aliphatic heterocycles. The lowest BCUT2D eigenvalue weighted by Crippen LogP contribution is -2.48. The Bertz CT molecular complexity index is 947. The molecule has 0 N–H and O–H groups in total. The van der Waals surface area contributed by atoms with Crippen molar-refractivity contribution < 1.29 is 18.0 Å². The van der Waals surface area contributed by atoms with Crippen LogP contribution in [-0.4, -0.2) is 51.7 Å². The van der Waals surface area contributed by atoms with Crippen LogP contribution in [0.15, 0.2) is 53.2 Å². The van der Waals surface area contributed by atoms with Gasteiger partial charge in [0.05, 0.1) is 6.54 Å². The van der Waals surface area contributed by atoms with Crippen molar-refractivity contribution in [3.63, 3.8) is 0 Å². The molecule has 3 heterocycles. The number of benzene rings is 1. The number of aromatic nitrogens is 2. The van der Waals surface area contributed by atoms with Gasteiger partial charge in [-0.25, -0.2) is 8.78 Å². The molecule has 0 radical (unpaired) electrons. The highest BCUT2D eigenvalue weighted by molar-refractivity contribution is 5.91. The summed E-state index contributed by atoms with van der Waals surface area (Å²) in [6.45, 7) is 2.97. The van der Waals surface area contributed by atoms with Crippen LogP contribution in [0.4, 0.5) is 8.78 Å². The summed E-state index contributed by atoms with van der Waals surface area (Å²) in [5.41, 5.74) is 0.328. The van der Waals surface area contributed by atoms with E-state index in [4.69, 9.17) is 4.42 Å². The van der Waals surface area contributed by atoms with Gasteiger partial charge in [0.25, 0.3) is 5.91 Å². The predicted molar refractivity (Wildman–Crippen MR) is 97.6 cm³/mol. The van der Waals surface area contributed by atoms with Crippen molar-refractivity contribution in [3.8, 4) is 0 Å². The Balaban J connectivity index is 1.33. The van der Waals surface area contributed by atoms with Gasteiger partial charge in [0.1, 0.15) is 5.76 Å². The molecular formula is C20H20F2N4O2. The summed E-state index contributed by atoms with van der Waals surface area (Å²) >= 11 is 0. The molecule has 6 nitrogen and oxygen atoms in total. The molecule has 2 aromatic heterocycles. The Hall–Kier alpha value is -3.00. The number of amides is 1. The van der Waals surface area contributed by atoms with E-state index in [0.717, 1.165) is 6.07 Å². The molecule has 1 amide bonds. The van der Waals surface area contributed by atoms with Gasteiger partial charge in [-0.05, 0) is 24.3 Å². The van der Waals surface area contributed by atoms with Crippen molar-refractivity contribution in [2.24, 2.45) is 0 Å². The first-order valence-electron chi connectivity index (χ1n) is 9.11. The summed E-state index contributed by atoms with van der Waals surface area (Å²) < 4.78 is 34.6. The molecular weight excluding hydrogens is 366 g/mol. The van der Waals surface area contributed by atoms with E-state index in [1.807, 2.05) is 17.2 Å². The lowest BCUT2D eigenvalue weighted by atomic mass is 10.1. The fraction of sp³-hybridized carbons (Fsp3) is 0.300. The third kappa shape index (κ3) is 3.96. The third-order valence-electron chi connectivity index (χ3n) is 4.83. The van der Waals surface area contributed by atoms with Crippen LogP contribution in [0.25, 0.3) is 0 Å². The van der Waals surface area contributed by atoms with Gasteiger partial charge in [0.15, 0.2) is 17.4 Å². The average Bonchev–Trinajstić information content (AvgIpc) is 3.38. The zero-order valence-electron chi connectivity index (χ0n) is 15.2. The zero-order chi connectivity index (χ0) is 19.5. The number of hydrogen-bond acceptors (Lipinski definition) is 4. The Morgan fingerprint density at radius 1 is 1.04 bits per heavy atom. The van der Waals surface area contributed by atoms with Gasteiger partial charge in [-0.1, -0.05) is 12.1 Å². The number of furan rings is 1. The molecule has 8 heteroatoms. The first-order valence-corrected chi connectivity index (χ1v) is 9.11. The zero-order valence-corrected chi connectivity index (χ0v) is 15.2. The SMILES string of the molecule is O=C(c1ccc(Cn2cccn2)o1)N1CCN(Cc2cccc(F)c2F)CC1. The van der Waals surface area contributed by atoms with Gasteiger partial charge in [0.2, 0.25) is 0 Å². The van der Waals surface area contributed by atoms with Gasteiger partial charge in [-0.2, -0.15) is 5.10 Å². The fourth-order valence-electron chi connectivity index (χ4n) is 3.31. The maximum atomic E-state index is 13.8. The highest BCUT2D eigenvalue weighted by Crippen LogP contribution is 2.17. The second-order valence-electron chi connectivity index (χ2n) is 6.75. The summed E-state index contributed by atoms with van der Waals surface area (Å²) in [6.07, 6.45) is 3.51. The van der Waals surface area contributed by atoms with Gasteiger partial charge in [-0.15, -0.1) is 0 Å². The van der Waals surface area contributed by atoms with Crippen LogP contribution in [0.5, 0.6) is 0 Å². The average molecular weight is 386 g/mol. The number of hydrogen-bond donors (Lipinski definition) is 0. The third-order valence-corrected chi connectivity index (χ3v) is 4.83. The first kappa shape index (κ1) is 18.4. The summed E-state index contributed by atoms with van der Waals surface area (Å²) in [4.78, 5) is 16.4. The fourth-order valence-corrected chi connectivity index (χ4v) is 3.31. The number of carbonyl (C=O) groups is 1. The van der Waals surface area contributed by atoms with Crippen LogP contribution in [0, 0.1) is 11.6 Å². The van der Waals surface area contributed by atoms with E-state index < -0.39 is 11.6 Å². The van der Waals surface area contributed by atoms with Gasteiger partial charge < -0.3 is 9.32 Å². The Morgan fingerprint density at radius 3 is 2.61 bits per heavy atom. The number of piperazine rings is 1. The van der Waals surface area contributed by atoms with E-state index in [2.05, 4.69) is 5.10 Å². The quantitative estimate of drug-likeness (QED) is 0.677. The molecule has 1 fully saturated rings. The molecule has 0 saturated carbocycles. The predicted octanol–water partition coefficient (Wildman–Crippen LogP) is 2.76. The van der Waals surface area contributed by atoms with Crippen molar-refractivity contribution >= 4 is 5.91 Å². The van der Waals surface area contributed by atoms with Crippen molar-refractivity contribution in [1.82, 2.24) is 19.6 Å². The number of rotatable bonds is 5. The molecule has 1 aromatic carbocycles. The van der Waals surface area contributed by atoms with E-state index in [1.165, 1.54) is 6.07 Å². The molecule has 28 heavy (non-hydrogen) atoms. The van der Waals surface area contributed by atoms with Crippen LogP contribution >= 0.6 is 0 Å². The second-order valence-corrected chi connectivity index (χ2v) is 6.75. The number of carbonyl (C=O) groups excluding carboxylic acids is 1. The minimum atomic E-state index is -0.838. The lowest BCUT2D eigenvalue weighted by Gasteiger charge is -2.34. The van der Waals surface area contributed by atoms with E-state index in [9.17, 15) is 13.6 Å². The molecule has 3 aromatic rings. The summed E-state index contributed by atoms with van der Waals surface area (Å²) in [6, 6.07) is 9.47. The van der Waals surface area contributed by atoms with Crippen LogP contribution in [0.3, 0.4) is 0 Å². The van der Waals surface area contributed by atoms with Crippen molar-refractivity contribution in [3.05, 3.63) is 77.5 Å². The van der Waals surface area contributed by atoms with Crippen molar-refractivity contribution in [2.45, 2.75) is 13.1 Å². The van der Waals surface area contributed by atoms with E-state index in [0.29, 0.717) is 56.4 Å². The molecule has 146 valence electrons. The molecule has 0 aliphatic carbocycles. The second kappa shape index (κ2) is 7.93. The standard InChI is InChI=1S/C20H20F2N4O2/c21-17-4-1-3-15(19(17)22)13-24-9-11-25(12-10-24)20(27)18-6-5-16(28-18)14-26-8-2-7-23-26/h1-8H,9-14H2. The molecule has 1 saturated heterocycles. The maximum absolute atomic E-state index is 13.8. The lowest BCUT2D eigenvalue weighted by molar-refractivity contribution is 0.0594. The minimum absolute atomic E-state index is 0.164. The topological polar surface area (TPSA) is 54.5 Å². The highest BCUT2D eigenvalue weighted by Gasteiger charge is 2.25. The Morgan fingerprint density at radius 2 is 1.86 bits per heavy atom. The van der Waals surface area contributed by atoms with E-state index in [1.54, 1.807) is 34.0 Å². The minimum Gasteiger partial charge on any atom is -0.454 e. The van der Waals surface area contributed by atoms with Crippen molar-refractivity contribution in [1.29, 1.82) is 0 Å². The van der Waals surface area contributed by atoms with Gasteiger partial charge in [0, 0.05) is 50.7 Å². The summed E-state index contributed by atoms with van der Waals surface area (Å²) in [5.74, 6) is -0.848.